The summed E-state index contributed by atoms with van der Waals surface area (Å²) >= 11 is 0. The topological polar surface area (TPSA) is 86.6 Å². The van der Waals surface area contributed by atoms with E-state index in [9.17, 15) is 10.2 Å². The molecule has 146 valence electrons. The normalized spacial score (nSPS) is 32.3. The van der Waals surface area contributed by atoms with Gasteiger partial charge < -0.3 is 33.9 Å². The van der Waals surface area contributed by atoms with Crippen LogP contribution in [-0.4, -0.2) is 60.1 Å². The summed E-state index contributed by atoms with van der Waals surface area (Å²) in [7, 11) is 0. The van der Waals surface area contributed by atoms with E-state index in [1.165, 1.54) is 0 Å². The molecular formula is C19H28O7. The minimum absolute atomic E-state index is 0.0714. The molecule has 2 saturated heterocycles. The molecule has 6 atom stereocenters. The molecule has 1 aromatic rings. The summed E-state index contributed by atoms with van der Waals surface area (Å²) in [6.45, 7) is 6.07. The molecule has 0 spiro atoms. The Balaban J connectivity index is 1.66. The molecule has 0 unspecified atom stereocenters. The van der Waals surface area contributed by atoms with Crippen LogP contribution in [0, 0.1) is 0 Å². The fourth-order valence-corrected chi connectivity index (χ4v) is 3.39. The van der Waals surface area contributed by atoms with Crippen LogP contribution in [0.15, 0.2) is 30.3 Å². The maximum atomic E-state index is 10.7. The molecule has 0 aliphatic carbocycles. The SMILES string of the molecule is CCOCO[C@@H]1[C@H]2OC(C)(C)O[C@H]2O[C@@H]1[C@H](O)C[C@@H](O)c1ccccc1. The van der Waals surface area contributed by atoms with Crippen molar-refractivity contribution in [2.24, 2.45) is 0 Å². The van der Waals surface area contributed by atoms with Crippen molar-refractivity contribution in [2.75, 3.05) is 13.4 Å². The van der Waals surface area contributed by atoms with Crippen LogP contribution in [0.2, 0.25) is 0 Å². The minimum Gasteiger partial charge on any atom is -0.390 e. The van der Waals surface area contributed by atoms with Gasteiger partial charge in [0, 0.05) is 13.0 Å². The third-order valence-electron chi connectivity index (χ3n) is 4.60. The average molecular weight is 368 g/mol. The molecule has 0 aromatic heterocycles. The molecule has 26 heavy (non-hydrogen) atoms. The molecule has 1 aromatic carbocycles. The molecule has 0 bridgehead atoms. The van der Waals surface area contributed by atoms with Crippen molar-refractivity contribution in [3.05, 3.63) is 35.9 Å². The zero-order valence-corrected chi connectivity index (χ0v) is 15.4. The Morgan fingerprint density at radius 1 is 1.15 bits per heavy atom. The van der Waals surface area contributed by atoms with E-state index in [1.54, 1.807) is 13.8 Å². The highest BCUT2D eigenvalue weighted by Gasteiger charge is 2.57. The molecule has 0 saturated carbocycles. The standard InChI is InChI=1S/C19H28O7/c1-4-22-11-23-16-15(24-18-17(16)25-19(2,3)26-18)14(21)10-13(20)12-8-6-5-7-9-12/h5-9,13-18,20-21H,4,10-11H2,1-3H3/t13-,14-,15-,16+,17-,18-/m1/s1. The molecular weight excluding hydrogens is 340 g/mol. The molecule has 2 N–H and O–H groups in total. The molecule has 7 heteroatoms. The number of hydrogen-bond acceptors (Lipinski definition) is 7. The number of ether oxygens (including phenoxy) is 5. The Morgan fingerprint density at radius 2 is 1.88 bits per heavy atom. The summed E-state index contributed by atoms with van der Waals surface area (Å²) in [6, 6.07) is 9.21. The van der Waals surface area contributed by atoms with Gasteiger partial charge in [-0.2, -0.15) is 0 Å². The van der Waals surface area contributed by atoms with Crippen molar-refractivity contribution in [1.82, 2.24) is 0 Å². The Bertz CT molecular complexity index is 564. The summed E-state index contributed by atoms with van der Waals surface area (Å²) in [5.41, 5.74) is 0.741. The van der Waals surface area contributed by atoms with Crippen molar-refractivity contribution in [3.63, 3.8) is 0 Å². The van der Waals surface area contributed by atoms with E-state index in [-0.39, 0.29) is 13.2 Å². The van der Waals surface area contributed by atoms with Crippen molar-refractivity contribution >= 4 is 0 Å². The lowest BCUT2D eigenvalue weighted by Gasteiger charge is -2.29. The van der Waals surface area contributed by atoms with Gasteiger partial charge in [0.1, 0.15) is 25.1 Å². The Kier molecular flexibility index (Phi) is 6.29. The number of hydrogen-bond donors (Lipinski definition) is 2. The highest BCUT2D eigenvalue weighted by molar-refractivity contribution is 5.17. The van der Waals surface area contributed by atoms with E-state index in [2.05, 4.69) is 0 Å². The van der Waals surface area contributed by atoms with Crippen molar-refractivity contribution in [3.8, 4) is 0 Å². The maximum Gasteiger partial charge on any atom is 0.190 e. The summed E-state index contributed by atoms with van der Waals surface area (Å²) in [6.07, 6.45) is -3.94. The van der Waals surface area contributed by atoms with Gasteiger partial charge in [0.25, 0.3) is 0 Å². The van der Waals surface area contributed by atoms with Crippen LogP contribution in [0.25, 0.3) is 0 Å². The number of fused-ring (bicyclic) bond motifs is 1. The predicted octanol–water partition coefficient (Wildman–Crippen LogP) is 1.73. The van der Waals surface area contributed by atoms with E-state index in [4.69, 9.17) is 23.7 Å². The van der Waals surface area contributed by atoms with Crippen LogP contribution in [0.1, 0.15) is 38.9 Å². The smallest absolute Gasteiger partial charge is 0.190 e. The monoisotopic (exact) mass is 368 g/mol. The van der Waals surface area contributed by atoms with Gasteiger partial charge >= 0.3 is 0 Å². The first-order valence-corrected chi connectivity index (χ1v) is 9.03. The van der Waals surface area contributed by atoms with Gasteiger partial charge in [-0.3, -0.25) is 0 Å². The molecule has 2 heterocycles. The number of rotatable bonds is 8. The second-order valence-electron chi connectivity index (χ2n) is 7.04. The summed E-state index contributed by atoms with van der Waals surface area (Å²) in [5.74, 6) is -0.776. The molecule has 7 nitrogen and oxygen atoms in total. The van der Waals surface area contributed by atoms with Crippen molar-refractivity contribution in [2.45, 2.75) is 69.8 Å². The van der Waals surface area contributed by atoms with Crippen LogP contribution >= 0.6 is 0 Å². The van der Waals surface area contributed by atoms with E-state index in [0.29, 0.717) is 6.61 Å². The molecule has 0 radical (unpaired) electrons. The number of aliphatic hydroxyl groups excluding tert-OH is 2. The summed E-state index contributed by atoms with van der Waals surface area (Å²) in [5, 5.41) is 21.1. The summed E-state index contributed by atoms with van der Waals surface area (Å²) < 4.78 is 28.5. The third kappa shape index (κ3) is 4.43. The van der Waals surface area contributed by atoms with Crippen LogP contribution in [0.3, 0.4) is 0 Å². The lowest BCUT2D eigenvalue weighted by atomic mass is 9.97. The third-order valence-corrected chi connectivity index (χ3v) is 4.60. The van der Waals surface area contributed by atoms with E-state index >= 15 is 0 Å². The van der Waals surface area contributed by atoms with Gasteiger partial charge in [-0.15, -0.1) is 0 Å². The predicted molar refractivity (Wildman–Crippen MR) is 92.1 cm³/mol. The van der Waals surface area contributed by atoms with E-state index in [0.717, 1.165) is 5.56 Å². The van der Waals surface area contributed by atoms with Gasteiger partial charge in [0.05, 0.1) is 12.2 Å². The first-order chi connectivity index (χ1) is 12.4. The Hall–Kier alpha value is -1.06. The zero-order chi connectivity index (χ0) is 18.7. The van der Waals surface area contributed by atoms with Crippen LogP contribution in [0.5, 0.6) is 0 Å². The van der Waals surface area contributed by atoms with Gasteiger partial charge in [-0.05, 0) is 26.3 Å². The minimum atomic E-state index is -0.947. The second kappa shape index (κ2) is 8.31. The van der Waals surface area contributed by atoms with E-state index in [1.807, 2.05) is 37.3 Å². The molecule has 0 amide bonds. The highest BCUT2D eigenvalue weighted by Crippen LogP contribution is 2.40. The fourth-order valence-electron chi connectivity index (χ4n) is 3.39. The highest BCUT2D eigenvalue weighted by atomic mass is 16.8. The second-order valence-corrected chi connectivity index (χ2v) is 7.04. The van der Waals surface area contributed by atoms with E-state index < -0.39 is 42.6 Å². The fraction of sp³-hybridized carbons (Fsp3) is 0.684. The maximum absolute atomic E-state index is 10.7. The quantitative estimate of drug-likeness (QED) is 0.534. The first kappa shape index (κ1) is 19.7. The lowest BCUT2D eigenvalue weighted by Crippen LogP contribution is -2.43. The number of benzene rings is 1. The van der Waals surface area contributed by atoms with Gasteiger partial charge in [0.15, 0.2) is 12.1 Å². The van der Waals surface area contributed by atoms with Gasteiger partial charge in [-0.25, -0.2) is 0 Å². The Labute approximate surface area is 153 Å². The summed E-state index contributed by atoms with van der Waals surface area (Å²) in [4.78, 5) is 0. The largest absolute Gasteiger partial charge is 0.390 e. The van der Waals surface area contributed by atoms with Gasteiger partial charge in [-0.1, -0.05) is 30.3 Å². The lowest BCUT2D eigenvalue weighted by molar-refractivity contribution is -0.237. The van der Waals surface area contributed by atoms with Gasteiger partial charge in [0.2, 0.25) is 0 Å². The van der Waals surface area contributed by atoms with Crippen LogP contribution < -0.4 is 0 Å². The molecule has 2 fully saturated rings. The van der Waals surface area contributed by atoms with Crippen molar-refractivity contribution < 1.29 is 33.9 Å². The zero-order valence-electron chi connectivity index (χ0n) is 15.4. The van der Waals surface area contributed by atoms with Crippen molar-refractivity contribution in [1.29, 1.82) is 0 Å². The Morgan fingerprint density at radius 3 is 2.58 bits per heavy atom. The average Bonchev–Trinajstić information content (AvgIpc) is 3.08. The van der Waals surface area contributed by atoms with Crippen LogP contribution in [0.4, 0.5) is 0 Å². The molecule has 3 rings (SSSR count). The molecule has 2 aliphatic heterocycles. The number of aliphatic hydroxyl groups is 2. The first-order valence-electron chi connectivity index (χ1n) is 9.03. The van der Waals surface area contributed by atoms with Crippen LogP contribution in [-0.2, 0) is 23.7 Å². The molecule has 2 aliphatic rings.